The van der Waals surface area contributed by atoms with Crippen LogP contribution in [-0.2, 0) is 48.3 Å². The minimum absolute atomic E-state index is 0.0280. The quantitative estimate of drug-likeness (QED) is 0.150. The lowest BCUT2D eigenvalue weighted by atomic mass is 10.1. The number of nitrogens with two attached hydrogens (primary N) is 1. The molecular formula is C32H41N9O10. The van der Waals surface area contributed by atoms with Crippen LogP contribution in [-0.4, -0.2) is 97.6 Å². The predicted octanol–water partition coefficient (Wildman–Crippen LogP) is -0.822. The van der Waals surface area contributed by atoms with Gasteiger partial charge in [0, 0.05) is 43.3 Å². The number of benzene rings is 1. The minimum atomic E-state index is -0.826. The summed E-state index contributed by atoms with van der Waals surface area (Å²) < 4.78 is 12.0. The highest BCUT2D eigenvalue weighted by Gasteiger charge is 2.23. The molecule has 0 spiro atoms. The Morgan fingerprint density at radius 1 is 0.961 bits per heavy atom. The van der Waals surface area contributed by atoms with Crippen molar-refractivity contribution in [3.05, 3.63) is 85.2 Å². The predicted molar refractivity (Wildman–Crippen MR) is 182 cm³/mol. The Labute approximate surface area is 291 Å². The normalized spacial score (nSPS) is 10.9. The third kappa shape index (κ3) is 12.3. The minimum Gasteiger partial charge on any atom is -0.468 e. The summed E-state index contributed by atoms with van der Waals surface area (Å²) in [4.78, 5) is 109. The molecule has 51 heavy (non-hydrogen) atoms. The van der Waals surface area contributed by atoms with Gasteiger partial charge in [0.25, 0.3) is 5.56 Å². The average molecular weight is 712 g/mol. The van der Waals surface area contributed by atoms with Crippen molar-refractivity contribution < 1.29 is 33.4 Å². The molecule has 3 aromatic rings. The number of para-hydroxylation sites is 1. The third-order valence-corrected chi connectivity index (χ3v) is 6.99. The van der Waals surface area contributed by atoms with Crippen molar-refractivity contribution in [3.8, 4) is 0 Å². The van der Waals surface area contributed by atoms with Gasteiger partial charge in [-0.1, -0.05) is 18.2 Å². The molecule has 0 aliphatic heterocycles. The fourth-order valence-electron chi connectivity index (χ4n) is 4.49. The monoisotopic (exact) mass is 711 g/mol. The molecule has 0 bridgehead atoms. The summed E-state index contributed by atoms with van der Waals surface area (Å²) in [5, 5.41) is 5.22. The summed E-state index contributed by atoms with van der Waals surface area (Å²) in [6.45, 7) is 4.02. The van der Waals surface area contributed by atoms with Crippen molar-refractivity contribution in [3.63, 3.8) is 0 Å². The fraction of sp³-hybridized carbons (Fsp3) is 0.406. The molecule has 19 heteroatoms. The third-order valence-electron chi connectivity index (χ3n) is 6.99. The lowest BCUT2D eigenvalue weighted by Crippen LogP contribution is -2.46. The lowest BCUT2D eigenvalue weighted by Gasteiger charge is -2.25. The molecule has 0 aliphatic carbocycles. The fourth-order valence-corrected chi connectivity index (χ4v) is 4.49. The number of methoxy groups -OCH3 is 1. The van der Waals surface area contributed by atoms with Crippen molar-refractivity contribution in [1.82, 2.24) is 34.2 Å². The molecule has 0 aliphatic rings. The standard InChI is InChI=1S/C32H41N9O10/c1-20-14-41(30(48)37-28(20)46)18-25(43)38(13-11-34-31(49)51-32(2,3)4)16-24(42)35-22-9-7-6-8-21(22)15-40(19-27(45)50-5)26(44)17-39-12-10-23(33)36-29(39)47/h6-10,12,14H,11,13,15-19H2,1-5H3,(H,34,49)(H,35,42)(H2,33,36,47)(H,37,46,48). The number of ether oxygens (including phenoxy) is 2. The molecular weight excluding hydrogens is 670 g/mol. The Bertz CT molecular complexity index is 1940. The summed E-state index contributed by atoms with van der Waals surface area (Å²) in [6.07, 6.45) is 1.76. The summed E-state index contributed by atoms with van der Waals surface area (Å²) in [5.74, 6) is -2.76. The number of carbonyl (C=O) groups excluding carboxylic acids is 5. The van der Waals surface area contributed by atoms with E-state index in [4.69, 9.17) is 15.2 Å². The Hall–Kier alpha value is -6.27. The molecule has 5 N–H and O–H groups in total. The molecule has 0 fully saturated rings. The highest BCUT2D eigenvalue weighted by atomic mass is 16.6. The molecule has 4 amide bonds. The first-order chi connectivity index (χ1) is 23.9. The van der Waals surface area contributed by atoms with E-state index in [9.17, 15) is 38.4 Å². The molecule has 0 saturated heterocycles. The van der Waals surface area contributed by atoms with Gasteiger partial charge < -0.3 is 35.6 Å². The first-order valence-corrected chi connectivity index (χ1v) is 15.6. The number of aromatic amines is 1. The van der Waals surface area contributed by atoms with Crippen LogP contribution in [0, 0.1) is 6.92 Å². The first-order valence-electron chi connectivity index (χ1n) is 15.6. The van der Waals surface area contributed by atoms with Crippen LogP contribution < -0.4 is 33.3 Å². The molecule has 274 valence electrons. The molecule has 0 atom stereocenters. The van der Waals surface area contributed by atoms with Gasteiger partial charge in [-0.25, -0.2) is 14.4 Å². The maximum Gasteiger partial charge on any atom is 0.407 e. The molecule has 0 radical (unpaired) electrons. The number of nitrogens with zero attached hydrogens (tertiary/aromatic N) is 5. The number of nitrogen functional groups attached to an aromatic ring is 1. The van der Waals surface area contributed by atoms with Crippen LogP contribution in [0.25, 0.3) is 0 Å². The Morgan fingerprint density at radius 2 is 1.63 bits per heavy atom. The number of H-pyrrole nitrogens is 1. The number of hydrogen-bond acceptors (Lipinski definition) is 12. The lowest BCUT2D eigenvalue weighted by molar-refractivity contribution is -0.147. The summed E-state index contributed by atoms with van der Waals surface area (Å²) in [7, 11) is 1.15. The molecule has 1 aromatic carbocycles. The van der Waals surface area contributed by atoms with Crippen molar-refractivity contribution in [2.75, 3.05) is 44.3 Å². The molecule has 2 heterocycles. The Morgan fingerprint density at radius 3 is 2.29 bits per heavy atom. The van der Waals surface area contributed by atoms with Crippen LogP contribution in [0.5, 0.6) is 0 Å². The average Bonchev–Trinajstić information content (AvgIpc) is 3.03. The van der Waals surface area contributed by atoms with E-state index in [-0.39, 0.29) is 36.7 Å². The van der Waals surface area contributed by atoms with Crippen LogP contribution in [0.4, 0.5) is 16.3 Å². The van der Waals surface area contributed by atoms with E-state index in [0.717, 1.165) is 26.0 Å². The first kappa shape index (κ1) is 39.2. The number of anilines is 2. The number of aromatic nitrogens is 4. The largest absolute Gasteiger partial charge is 0.468 e. The number of rotatable bonds is 14. The number of nitrogens with one attached hydrogen (secondary N) is 3. The van der Waals surface area contributed by atoms with Gasteiger partial charge in [-0.3, -0.25) is 38.1 Å². The van der Waals surface area contributed by atoms with Gasteiger partial charge in [-0.05, 0) is 45.4 Å². The summed E-state index contributed by atoms with van der Waals surface area (Å²) in [6, 6.07) is 7.74. The number of hydrogen-bond donors (Lipinski definition) is 4. The van der Waals surface area contributed by atoms with Crippen molar-refractivity contribution in [1.29, 1.82) is 0 Å². The zero-order chi connectivity index (χ0) is 37.9. The van der Waals surface area contributed by atoms with Gasteiger partial charge in [0.2, 0.25) is 17.7 Å². The second kappa shape index (κ2) is 17.4. The summed E-state index contributed by atoms with van der Waals surface area (Å²) >= 11 is 0. The van der Waals surface area contributed by atoms with E-state index in [1.54, 1.807) is 45.0 Å². The van der Waals surface area contributed by atoms with Gasteiger partial charge in [0.15, 0.2) is 0 Å². The number of esters is 1. The topological polar surface area (TPSA) is 250 Å². The molecule has 0 saturated carbocycles. The van der Waals surface area contributed by atoms with Crippen LogP contribution in [0.1, 0.15) is 31.9 Å². The molecule has 19 nitrogen and oxygen atoms in total. The highest BCUT2D eigenvalue weighted by molar-refractivity contribution is 5.95. The zero-order valence-electron chi connectivity index (χ0n) is 28.9. The molecule has 3 rings (SSSR count). The van der Waals surface area contributed by atoms with Gasteiger partial charge in [0.1, 0.15) is 31.1 Å². The molecule has 0 unspecified atom stereocenters. The van der Waals surface area contributed by atoms with Gasteiger partial charge >= 0.3 is 23.4 Å². The number of carbonyl (C=O) groups is 5. The highest BCUT2D eigenvalue weighted by Crippen LogP contribution is 2.18. The molecule has 2 aromatic heterocycles. The van der Waals surface area contributed by atoms with E-state index in [1.165, 1.54) is 25.4 Å². The van der Waals surface area contributed by atoms with E-state index in [2.05, 4.69) is 20.6 Å². The Kier molecular flexibility index (Phi) is 13.4. The maximum absolute atomic E-state index is 13.4. The second-order valence-corrected chi connectivity index (χ2v) is 12.2. The van der Waals surface area contributed by atoms with Crippen molar-refractivity contribution in [2.45, 2.75) is 52.9 Å². The van der Waals surface area contributed by atoms with Crippen LogP contribution in [0.2, 0.25) is 0 Å². The Balaban J connectivity index is 1.81. The van der Waals surface area contributed by atoms with E-state index < -0.39 is 78.5 Å². The van der Waals surface area contributed by atoms with E-state index in [1.807, 2.05) is 0 Å². The smallest absolute Gasteiger partial charge is 0.407 e. The van der Waals surface area contributed by atoms with Crippen LogP contribution >= 0.6 is 0 Å². The summed E-state index contributed by atoms with van der Waals surface area (Å²) in [5.41, 5.74) is 3.37. The zero-order valence-corrected chi connectivity index (χ0v) is 28.9. The van der Waals surface area contributed by atoms with Gasteiger partial charge in [0.05, 0.1) is 13.7 Å². The van der Waals surface area contributed by atoms with Crippen molar-refractivity contribution in [2.24, 2.45) is 0 Å². The van der Waals surface area contributed by atoms with Gasteiger partial charge in [-0.15, -0.1) is 0 Å². The maximum atomic E-state index is 13.4. The van der Waals surface area contributed by atoms with E-state index >= 15 is 0 Å². The van der Waals surface area contributed by atoms with Crippen molar-refractivity contribution >= 4 is 41.3 Å². The number of amides is 4. The SMILES string of the molecule is COC(=O)CN(Cc1ccccc1NC(=O)CN(CCNC(=O)OC(C)(C)C)C(=O)Cn1cc(C)c(=O)[nH]c1=O)C(=O)Cn1ccc(N)nc1=O. The van der Waals surface area contributed by atoms with Crippen LogP contribution in [0.15, 0.2) is 57.1 Å². The van der Waals surface area contributed by atoms with Crippen LogP contribution in [0.3, 0.4) is 0 Å². The number of alkyl carbamates (subject to hydrolysis) is 1. The second-order valence-electron chi connectivity index (χ2n) is 12.2. The van der Waals surface area contributed by atoms with E-state index in [0.29, 0.717) is 5.56 Å². The number of aryl methyl sites for hydroxylation is 1. The van der Waals surface area contributed by atoms with Gasteiger partial charge in [-0.2, -0.15) is 4.98 Å².